The van der Waals surface area contributed by atoms with Crippen molar-refractivity contribution in [2.24, 2.45) is 0 Å². The first-order chi connectivity index (χ1) is 22.3. The normalized spacial score (nSPS) is 12.0. The van der Waals surface area contributed by atoms with Crippen LogP contribution in [0.2, 0.25) is 0 Å². The third-order valence-electron chi connectivity index (χ3n) is 9.19. The van der Waals surface area contributed by atoms with E-state index in [1.54, 1.807) is 0 Å². The fourth-order valence-electron chi connectivity index (χ4n) is 7.11. The minimum Gasteiger partial charge on any atom is -0.456 e. The van der Waals surface area contributed by atoms with Crippen LogP contribution in [0.25, 0.3) is 93.6 Å². The maximum absolute atomic E-state index is 6.50. The van der Waals surface area contributed by atoms with Crippen molar-refractivity contribution in [2.45, 2.75) is 0 Å². The summed E-state index contributed by atoms with van der Waals surface area (Å²) >= 11 is 0. The topological polar surface area (TPSA) is 31.2 Å². The Labute approximate surface area is 258 Å². The van der Waals surface area contributed by atoms with Crippen LogP contribution in [0.4, 0.5) is 0 Å². The quantitative estimate of drug-likeness (QED) is 0.210. The standard InChI is InChI=1S/C42H25NO2/c1-2-10-26(11-3-1)35-24-29(25-36-33-14-6-9-17-40(33)45-42(35)36)43-37-15-7-4-12-30(37)31-20-18-27(22-38(31)43)28-19-21-34-32-13-5-8-16-39(32)44-41(34)23-28/h1-25H. The van der Waals surface area contributed by atoms with E-state index in [4.69, 9.17) is 8.83 Å². The van der Waals surface area contributed by atoms with Gasteiger partial charge in [0.1, 0.15) is 22.3 Å². The monoisotopic (exact) mass is 575 g/mol. The van der Waals surface area contributed by atoms with Gasteiger partial charge in [-0.15, -0.1) is 0 Å². The summed E-state index contributed by atoms with van der Waals surface area (Å²) in [4.78, 5) is 0. The lowest BCUT2D eigenvalue weighted by molar-refractivity contribution is 0.669. The lowest BCUT2D eigenvalue weighted by atomic mass is 10.0. The van der Waals surface area contributed by atoms with Crippen molar-refractivity contribution < 1.29 is 8.83 Å². The van der Waals surface area contributed by atoms with E-state index in [1.807, 2.05) is 18.2 Å². The molecule has 0 spiro atoms. The summed E-state index contributed by atoms with van der Waals surface area (Å²) < 4.78 is 15.2. The number of para-hydroxylation sites is 3. The van der Waals surface area contributed by atoms with Crippen molar-refractivity contribution in [2.75, 3.05) is 0 Å². The van der Waals surface area contributed by atoms with Gasteiger partial charge in [0.25, 0.3) is 0 Å². The zero-order chi connectivity index (χ0) is 29.5. The summed E-state index contributed by atoms with van der Waals surface area (Å²) in [6.45, 7) is 0. The van der Waals surface area contributed by atoms with Gasteiger partial charge in [0.05, 0.1) is 11.0 Å². The van der Waals surface area contributed by atoms with E-state index in [-0.39, 0.29) is 0 Å². The molecule has 3 heteroatoms. The van der Waals surface area contributed by atoms with Gasteiger partial charge in [-0.1, -0.05) is 103 Å². The van der Waals surface area contributed by atoms with Crippen LogP contribution in [0.15, 0.2) is 160 Å². The number of benzene rings is 7. The Balaban J connectivity index is 1.26. The molecule has 10 rings (SSSR count). The average Bonchev–Trinajstić information content (AvgIpc) is 3.77. The summed E-state index contributed by atoms with van der Waals surface area (Å²) in [6, 6.07) is 53.7. The number of hydrogen-bond acceptors (Lipinski definition) is 2. The van der Waals surface area contributed by atoms with Crippen LogP contribution in [0.3, 0.4) is 0 Å². The van der Waals surface area contributed by atoms with E-state index in [1.165, 1.54) is 16.3 Å². The van der Waals surface area contributed by atoms with Gasteiger partial charge in [0, 0.05) is 43.6 Å². The molecule has 0 amide bonds. The van der Waals surface area contributed by atoms with Crippen LogP contribution >= 0.6 is 0 Å². The first kappa shape index (κ1) is 24.4. The first-order valence-electron chi connectivity index (χ1n) is 15.3. The van der Waals surface area contributed by atoms with Crippen molar-refractivity contribution in [1.82, 2.24) is 4.57 Å². The second kappa shape index (κ2) is 9.22. The third-order valence-corrected chi connectivity index (χ3v) is 9.19. The lowest BCUT2D eigenvalue weighted by Crippen LogP contribution is -1.95. The number of aromatic nitrogens is 1. The van der Waals surface area contributed by atoms with E-state index in [9.17, 15) is 0 Å². The van der Waals surface area contributed by atoms with Crippen LogP contribution in [0.1, 0.15) is 0 Å². The van der Waals surface area contributed by atoms with Gasteiger partial charge in [0.15, 0.2) is 0 Å². The number of furan rings is 2. The Morgan fingerprint density at radius 3 is 1.78 bits per heavy atom. The first-order valence-corrected chi connectivity index (χ1v) is 15.3. The zero-order valence-corrected chi connectivity index (χ0v) is 24.2. The molecular weight excluding hydrogens is 550 g/mol. The second-order valence-electron chi connectivity index (χ2n) is 11.7. The SMILES string of the molecule is c1ccc(-c2cc(-n3c4ccccc4c4ccc(-c5ccc6c(c5)oc5ccccc56)cc43)cc3c2oc2ccccc23)cc1. The second-order valence-corrected chi connectivity index (χ2v) is 11.7. The Hall–Kier alpha value is -6.06. The molecule has 3 nitrogen and oxygen atoms in total. The highest BCUT2D eigenvalue weighted by molar-refractivity contribution is 6.13. The molecule has 10 aromatic rings. The van der Waals surface area contributed by atoms with Gasteiger partial charge in [0.2, 0.25) is 0 Å². The van der Waals surface area contributed by atoms with Crippen LogP contribution < -0.4 is 0 Å². The van der Waals surface area contributed by atoms with Crippen LogP contribution in [-0.4, -0.2) is 4.57 Å². The molecular formula is C42H25NO2. The molecule has 0 aliphatic heterocycles. The summed E-state index contributed by atoms with van der Waals surface area (Å²) in [5.74, 6) is 0. The summed E-state index contributed by atoms with van der Waals surface area (Å²) in [6.07, 6.45) is 0. The van der Waals surface area contributed by atoms with Crippen LogP contribution in [0.5, 0.6) is 0 Å². The molecule has 3 heterocycles. The maximum atomic E-state index is 6.50. The van der Waals surface area contributed by atoms with Crippen LogP contribution in [0, 0.1) is 0 Å². The van der Waals surface area contributed by atoms with Gasteiger partial charge in [-0.2, -0.15) is 0 Å². The highest BCUT2D eigenvalue weighted by Gasteiger charge is 2.19. The minimum atomic E-state index is 0.896. The number of fused-ring (bicyclic) bond motifs is 9. The fourth-order valence-corrected chi connectivity index (χ4v) is 7.11. The molecule has 3 aromatic heterocycles. The maximum Gasteiger partial charge on any atom is 0.143 e. The molecule has 0 saturated heterocycles. The molecule has 0 saturated carbocycles. The molecule has 0 aliphatic rings. The molecule has 0 radical (unpaired) electrons. The average molecular weight is 576 g/mol. The number of hydrogen-bond donors (Lipinski definition) is 0. The van der Waals surface area contributed by atoms with Crippen molar-refractivity contribution in [1.29, 1.82) is 0 Å². The van der Waals surface area contributed by atoms with Gasteiger partial charge in [-0.05, 0) is 65.2 Å². The Morgan fingerprint density at radius 2 is 0.956 bits per heavy atom. The van der Waals surface area contributed by atoms with E-state index < -0.39 is 0 Å². The van der Waals surface area contributed by atoms with Gasteiger partial charge in [-0.25, -0.2) is 0 Å². The number of nitrogens with zero attached hydrogens (tertiary/aromatic N) is 1. The Morgan fingerprint density at radius 1 is 0.356 bits per heavy atom. The van der Waals surface area contributed by atoms with E-state index in [0.717, 1.165) is 77.3 Å². The molecule has 0 fully saturated rings. The summed E-state index contributed by atoms with van der Waals surface area (Å²) in [7, 11) is 0. The van der Waals surface area contributed by atoms with Crippen molar-refractivity contribution in [3.05, 3.63) is 152 Å². The molecule has 0 atom stereocenters. The van der Waals surface area contributed by atoms with E-state index in [0.29, 0.717) is 0 Å². The summed E-state index contributed by atoms with van der Waals surface area (Å²) in [5, 5.41) is 6.96. The smallest absolute Gasteiger partial charge is 0.143 e. The highest BCUT2D eigenvalue weighted by Crippen LogP contribution is 2.41. The van der Waals surface area contributed by atoms with Gasteiger partial charge >= 0.3 is 0 Å². The van der Waals surface area contributed by atoms with Gasteiger partial charge < -0.3 is 13.4 Å². The molecule has 7 aromatic carbocycles. The van der Waals surface area contributed by atoms with Crippen molar-refractivity contribution in [3.63, 3.8) is 0 Å². The van der Waals surface area contributed by atoms with Crippen molar-refractivity contribution >= 4 is 65.7 Å². The van der Waals surface area contributed by atoms with E-state index in [2.05, 4.69) is 138 Å². The highest BCUT2D eigenvalue weighted by atomic mass is 16.3. The predicted octanol–water partition coefficient (Wildman–Crippen LogP) is 11.9. The third kappa shape index (κ3) is 3.58. The molecule has 210 valence electrons. The fraction of sp³-hybridized carbons (Fsp3) is 0. The molecule has 0 bridgehead atoms. The van der Waals surface area contributed by atoms with Gasteiger partial charge in [-0.3, -0.25) is 0 Å². The van der Waals surface area contributed by atoms with Crippen molar-refractivity contribution in [3.8, 4) is 27.9 Å². The van der Waals surface area contributed by atoms with Crippen LogP contribution in [-0.2, 0) is 0 Å². The summed E-state index contributed by atoms with van der Waals surface area (Å²) in [5.41, 5.74) is 11.5. The van der Waals surface area contributed by atoms with E-state index >= 15 is 0 Å². The lowest BCUT2D eigenvalue weighted by Gasteiger charge is -2.12. The predicted molar refractivity (Wildman–Crippen MR) is 186 cm³/mol. The minimum absolute atomic E-state index is 0.896. The Bertz CT molecular complexity index is 2760. The largest absolute Gasteiger partial charge is 0.456 e. The molecule has 0 aliphatic carbocycles. The molecule has 0 N–H and O–H groups in total. The Kier molecular flexibility index (Phi) is 5.00. The zero-order valence-electron chi connectivity index (χ0n) is 24.2. The molecule has 45 heavy (non-hydrogen) atoms. The number of rotatable bonds is 3. The molecule has 0 unspecified atom stereocenters.